The molecule has 0 radical (unpaired) electrons. The topological polar surface area (TPSA) is 70.1 Å². The molecule has 1 aromatic carbocycles. The first-order valence-corrected chi connectivity index (χ1v) is 6.41. The summed E-state index contributed by atoms with van der Waals surface area (Å²) in [4.78, 5) is 15.1. The van der Waals surface area contributed by atoms with E-state index in [-0.39, 0.29) is 5.69 Å². The van der Waals surface area contributed by atoms with Crippen molar-refractivity contribution in [3.8, 4) is 11.4 Å². The van der Waals surface area contributed by atoms with E-state index in [0.29, 0.717) is 17.1 Å². The molecule has 5 nitrogen and oxygen atoms in total. The molecule has 0 aliphatic heterocycles. The Hall–Kier alpha value is -2.51. The normalized spacial score (nSPS) is 11.5. The first-order valence-electron chi connectivity index (χ1n) is 6.41. The van der Waals surface area contributed by atoms with Gasteiger partial charge in [0.25, 0.3) is 5.91 Å². The van der Waals surface area contributed by atoms with Crippen LogP contribution in [0.1, 0.15) is 22.6 Å². The van der Waals surface area contributed by atoms with Crippen molar-refractivity contribution in [3.05, 3.63) is 42.0 Å². The number of carbonyl (C=O) groups is 1. The van der Waals surface area contributed by atoms with Gasteiger partial charge in [-0.05, 0) is 31.2 Å². The minimum atomic E-state index is -4.24. The molecule has 2 N–H and O–H groups in total. The fraction of sp³-hybridized carbons (Fsp3) is 0.286. The third kappa shape index (κ3) is 3.78. The first-order chi connectivity index (χ1) is 10.3. The number of alkyl halides is 3. The predicted octanol–water partition coefficient (Wildman–Crippen LogP) is 2.61. The van der Waals surface area contributed by atoms with Gasteiger partial charge in [0.05, 0.1) is 18.7 Å². The van der Waals surface area contributed by atoms with E-state index in [0.717, 1.165) is 0 Å². The highest BCUT2D eigenvalue weighted by atomic mass is 19.4. The first kappa shape index (κ1) is 15.9. The molecule has 0 aliphatic rings. The maximum absolute atomic E-state index is 12.0. The number of ether oxygens (including phenoxy) is 1. The van der Waals surface area contributed by atoms with Gasteiger partial charge in [-0.3, -0.25) is 4.79 Å². The quantitative estimate of drug-likeness (QED) is 0.922. The molecule has 0 aliphatic carbocycles. The molecular formula is C14H14F3N3O2. The van der Waals surface area contributed by atoms with Crippen LogP contribution in [-0.2, 0) is 0 Å². The number of halogens is 3. The lowest BCUT2D eigenvalue weighted by Gasteiger charge is -2.10. The summed E-state index contributed by atoms with van der Waals surface area (Å²) >= 11 is 0. The molecule has 0 spiro atoms. The van der Waals surface area contributed by atoms with Gasteiger partial charge in [0, 0.05) is 5.69 Å². The van der Waals surface area contributed by atoms with Crippen LogP contribution in [0.3, 0.4) is 0 Å². The molecule has 0 fully saturated rings. The summed E-state index contributed by atoms with van der Waals surface area (Å²) in [6, 6.07) is 6.41. The Morgan fingerprint density at radius 1 is 1.32 bits per heavy atom. The second-order valence-electron chi connectivity index (χ2n) is 4.62. The summed E-state index contributed by atoms with van der Waals surface area (Å²) in [6.07, 6.45) is -3.79. The Kier molecular flexibility index (Phi) is 4.39. The lowest BCUT2D eigenvalue weighted by atomic mass is 10.2. The van der Waals surface area contributed by atoms with Crippen LogP contribution in [0.5, 0.6) is 5.75 Å². The number of rotatable bonds is 5. The van der Waals surface area contributed by atoms with E-state index in [9.17, 15) is 18.0 Å². The van der Waals surface area contributed by atoms with E-state index < -0.39 is 25.1 Å². The number of nitrogens with zero attached hydrogens (tertiary/aromatic N) is 2. The molecule has 0 bridgehead atoms. The Morgan fingerprint density at radius 3 is 2.45 bits per heavy atom. The number of hydrogen-bond donors (Lipinski definition) is 1. The second kappa shape index (κ2) is 6.08. The minimum Gasteiger partial charge on any atom is -0.493 e. The minimum absolute atomic E-state index is 0.172. The van der Waals surface area contributed by atoms with Crippen LogP contribution in [0.15, 0.2) is 30.6 Å². The average Bonchev–Trinajstić information content (AvgIpc) is 2.80. The van der Waals surface area contributed by atoms with Gasteiger partial charge in [0.15, 0.2) is 0 Å². The van der Waals surface area contributed by atoms with E-state index in [4.69, 9.17) is 10.5 Å². The van der Waals surface area contributed by atoms with Crippen LogP contribution in [-0.4, -0.2) is 28.2 Å². The number of amides is 1. The lowest BCUT2D eigenvalue weighted by molar-refractivity contribution is -0.139. The molecule has 0 atom stereocenters. The van der Waals surface area contributed by atoms with Crippen LogP contribution in [0, 0.1) is 6.92 Å². The number of aromatic nitrogens is 2. The molecule has 118 valence electrons. The van der Waals surface area contributed by atoms with Gasteiger partial charge in [-0.25, -0.2) is 4.98 Å². The van der Waals surface area contributed by atoms with Crippen LogP contribution in [0.4, 0.5) is 13.2 Å². The van der Waals surface area contributed by atoms with Gasteiger partial charge < -0.3 is 15.0 Å². The zero-order valence-corrected chi connectivity index (χ0v) is 11.7. The highest BCUT2D eigenvalue weighted by Gasteiger charge is 2.26. The SMILES string of the molecule is Cc1c(C(N)=O)ncn1-c1ccc(OCCC(F)(F)F)cc1. The van der Waals surface area contributed by atoms with Gasteiger partial charge in [0.1, 0.15) is 17.8 Å². The molecule has 8 heteroatoms. The number of carbonyl (C=O) groups excluding carboxylic acids is 1. The number of primary amides is 1. The van der Waals surface area contributed by atoms with Crippen molar-refractivity contribution in [2.24, 2.45) is 5.73 Å². The Bertz CT molecular complexity index is 663. The number of nitrogens with two attached hydrogens (primary N) is 1. The van der Waals surface area contributed by atoms with Crippen LogP contribution < -0.4 is 10.5 Å². The largest absolute Gasteiger partial charge is 0.493 e. The molecular weight excluding hydrogens is 299 g/mol. The fourth-order valence-electron chi connectivity index (χ4n) is 1.90. The van der Waals surface area contributed by atoms with Crippen molar-refractivity contribution in [1.82, 2.24) is 9.55 Å². The summed E-state index contributed by atoms with van der Waals surface area (Å²) in [5.41, 5.74) is 6.64. The van der Waals surface area contributed by atoms with E-state index in [1.165, 1.54) is 6.33 Å². The predicted molar refractivity (Wildman–Crippen MR) is 73.0 cm³/mol. The Balaban J connectivity index is 2.07. The molecule has 2 rings (SSSR count). The monoisotopic (exact) mass is 313 g/mol. The molecule has 1 aromatic heterocycles. The highest BCUT2D eigenvalue weighted by Crippen LogP contribution is 2.21. The van der Waals surface area contributed by atoms with E-state index in [2.05, 4.69) is 4.98 Å². The number of imidazole rings is 1. The van der Waals surface area contributed by atoms with E-state index >= 15 is 0 Å². The Labute approximate surface area is 124 Å². The van der Waals surface area contributed by atoms with Crippen molar-refractivity contribution >= 4 is 5.91 Å². The number of hydrogen-bond acceptors (Lipinski definition) is 3. The van der Waals surface area contributed by atoms with Crippen molar-refractivity contribution in [3.63, 3.8) is 0 Å². The third-order valence-electron chi connectivity index (χ3n) is 3.01. The van der Waals surface area contributed by atoms with E-state index in [1.807, 2.05) is 0 Å². The zero-order valence-electron chi connectivity index (χ0n) is 11.7. The molecule has 0 unspecified atom stereocenters. The molecule has 22 heavy (non-hydrogen) atoms. The fourth-order valence-corrected chi connectivity index (χ4v) is 1.90. The average molecular weight is 313 g/mol. The molecule has 1 heterocycles. The standard InChI is InChI=1S/C14H14F3N3O2/c1-9-12(13(18)21)19-8-20(9)10-2-4-11(5-3-10)22-7-6-14(15,16)17/h2-5,8H,6-7H2,1H3,(H2,18,21). The van der Waals surface area contributed by atoms with Crippen molar-refractivity contribution in [1.29, 1.82) is 0 Å². The summed E-state index contributed by atoms with van der Waals surface area (Å²) in [6.45, 7) is 1.26. The molecule has 0 saturated heterocycles. The van der Waals surface area contributed by atoms with Gasteiger partial charge in [0.2, 0.25) is 0 Å². The van der Waals surface area contributed by atoms with E-state index in [1.54, 1.807) is 35.8 Å². The number of benzene rings is 1. The van der Waals surface area contributed by atoms with Crippen molar-refractivity contribution in [2.75, 3.05) is 6.61 Å². The highest BCUT2D eigenvalue weighted by molar-refractivity contribution is 5.92. The molecule has 2 aromatic rings. The molecule has 0 saturated carbocycles. The maximum Gasteiger partial charge on any atom is 0.392 e. The van der Waals surface area contributed by atoms with Gasteiger partial charge in [-0.1, -0.05) is 0 Å². The van der Waals surface area contributed by atoms with Crippen LogP contribution >= 0.6 is 0 Å². The van der Waals surface area contributed by atoms with Crippen molar-refractivity contribution in [2.45, 2.75) is 19.5 Å². The molecule has 1 amide bonds. The summed E-state index contributed by atoms with van der Waals surface area (Å²) in [5, 5.41) is 0. The van der Waals surface area contributed by atoms with Crippen molar-refractivity contribution < 1.29 is 22.7 Å². The van der Waals surface area contributed by atoms with Gasteiger partial charge >= 0.3 is 6.18 Å². The zero-order chi connectivity index (χ0) is 16.3. The lowest BCUT2D eigenvalue weighted by Crippen LogP contribution is -2.13. The van der Waals surface area contributed by atoms with Crippen LogP contribution in [0.25, 0.3) is 5.69 Å². The smallest absolute Gasteiger partial charge is 0.392 e. The summed E-state index contributed by atoms with van der Waals surface area (Å²) < 4.78 is 42.8. The van der Waals surface area contributed by atoms with Gasteiger partial charge in [-0.2, -0.15) is 13.2 Å². The van der Waals surface area contributed by atoms with Gasteiger partial charge in [-0.15, -0.1) is 0 Å². The maximum atomic E-state index is 12.0. The van der Waals surface area contributed by atoms with Crippen LogP contribution in [0.2, 0.25) is 0 Å². The Morgan fingerprint density at radius 2 is 1.95 bits per heavy atom. The summed E-state index contributed by atoms with van der Waals surface area (Å²) in [5.74, 6) is -0.288. The second-order valence-corrected chi connectivity index (χ2v) is 4.62. The third-order valence-corrected chi connectivity index (χ3v) is 3.01. The summed E-state index contributed by atoms with van der Waals surface area (Å²) in [7, 11) is 0.